The van der Waals surface area contributed by atoms with Crippen molar-refractivity contribution in [3.8, 4) is 0 Å². The Morgan fingerprint density at radius 2 is 1.65 bits per heavy atom. The summed E-state index contributed by atoms with van der Waals surface area (Å²) in [6.45, 7) is 10.4. The van der Waals surface area contributed by atoms with E-state index in [1.807, 2.05) is 0 Å². The van der Waals surface area contributed by atoms with Gasteiger partial charge in [0.15, 0.2) is 0 Å². The van der Waals surface area contributed by atoms with Gasteiger partial charge in [0.05, 0.1) is 0 Å². The molecule has 0 heterocycles. The second-order valence-corrected chi connectivity index (χ2v) is 6.14. The molecule has 0 radical (unpaired) electrons. The zero-order valence-electron chi connectivity index (χ0n) is 14.0. The van der Waals surface area contributed by atoms with Gasteiger partial charge in [-0.25, -0.2) is 0 Å². The molecule has 0 saturated heterocycles. The van der Waals surface area contributed by atoms with Gasteiger partial charge in [-0.3, -0.25) is 4.99 Å². The summed E-state index contributed by atoms with van der Waals surface area (Å²) in [5.74, 6) is 0.706. The molecule has 0 atom stereocenters. The molecule has 1 aliphatic carbocycles. The Hall–Kier alpha value is -1.09. The Kier molecular flexibility index (Phi) is 6.47. The van der Waals surface area contributed by atoms with Crippen molar-refractivity contribution in [2.75, 3.05) is 21.1 Å². The van der Waals surface area contributed by atoms with Crippen LogP contribution < -0.4 is 0 Å². The third kappa shape index (κ3) is 4.48. The second kappa shape index (κ2) is 7.63. The molecule has 0 aromatic rings. The van der Waals surface area contributed by atoms with Crippen LogP contribution in [0, 0.1) is 0 Å². The van der Waals surface area contributed by atoms with Gasteiger partial charge in [-0.2, -0.15) is 0 Å². The number of rotatable bonds is 4. The zero-order chi connectivity index (χ0) is 15.3. The highest BCUT2D eigenvalue weighted by molar-refractivity contribution is 5.97. The maximum Gasteiger partial charge on any atom is 0.215 e. The lowest BCUT2D eigenvalue weighted by molar-refractivity contribution is 0.103. The monoisotopic (exact) mass is 278 g/mol. The van der Waals surface area contributed by atoms with Crippen molar-refractivity contribution in [2.24, 2.45) is 4.99 Å². The standard InChI is InChI=1S/C17H30N2O/c1-12(2)13(3)14(4)17(18-5)20-16-10-8-15(9-11-16)19(6)7/h15-16H,4,8-11H2,1-3,5-7H3. The summed E-state index contributed by atoms with van der Waals surface area (Å²) in [7, 11) is 6.10. The molecule has 0 aromatic carbocycles. The molecule has 0 unspecified atom stereocenters. The molecule has 0 bridgehead atoms. The van der Waals surface area contributed by atoms with Crippen molar-refractivity contribution < 1.29 is 4.74 Å². The van der Waals surface area contributed by atoms with Crippen LogP contribution in [-0.4, -0.2) is 44.1 Å². The Balaban J connectivity index is 2.60. The van der Waals surface area contributed by atoms with Crippen molar-refractivity contribution in [1.82, 2.24) is 4.90 Å². The van der Waals surface area contributed by atoms with E-state index in [9.17, 15) is 0 Å². The smallest absolute Gasteiger partial charge is 0.215 e. The molecule has 3 nitrogen and oxygen atoms in total. The van der Waals surface area contributed by atoms with Crippen molar-refractivity contribution in [3.63, 3.8) is 0 Å². The average molecular weight is 278 g/mol. The molecule has 0 aliphatic heterocycles. The first-order valence-corrected chi connectivity index (χ1v) is 7.50. The Bertz CT molecular complexity index is 395. The summed E-state index contributed by atoms with van der Waals surface area (Å²) in [4.78, 5) is 6.61. The number of aliphatic imine (C=N–C) groups is 1. The second-order valence-electron chi connectivity index (χ2n) is 6.14. The molecule has 1 aliphatic rings. The predicted octanol–water partition coefficient (Wildman–Crippen LogP) is 3.82. The summed E-state index contributed by atoms with van der Waals surface area (Å²) in [6, 6.07) is 0.694. The molecule has 114 valence electrons. The summed E-state index contributed by atoms with van der Waals surface area (Å²) in [5.41, 5.74) is 3.35. The molecular formula is C17H30N2O. The maximum atomic E-state index is 6.10. The van der Waals surface area contributed by atoms with Crippen LogP contribution in [0.15, 0.2) is 28.3 Å². The van der Waals surface area contributed by atoms with E-state index < -0.39 is 0 Å². The van der Waals surface area contributed by atoms with Crippen LogP contribution in [0.1, 0.15) is 46.5 Å². The fourth-order valence-corrected chi connectivity index (χ4v) is 2.56. The van der Waals surface area contributed by atoms with E-state index in [1.165, 1.54) is 24.0 Å². The van der Waals surface area contributed by atoms with Crippen LogP contribution in [-0.2, 0) is 4.74 Å². The van der Waals surface area contributed by atoms with Gasteiger partial charge < -0.3 is 9.64 Å². The average Bonchev–Trinajstić information content (AvgIpc) is 2.43. The van der Waals surface area contributed by atoms with Gasteiger partial charge >= 0.3 is 0 Å². The quantitative estimate of drug-likeness (QED) is 0.444. The van der Waals surface area contributed by atoms with E-state index in [1.54, 1.807) is 7.05 Å². The van der Waals surface area contributed by atoms with E-state index in [4.69, 9.17) is 4.74 Å². The number of hydrogen-bond acceptors (Lipinski definition) is 3. The van der Waals surface area contributed by atoms with Gasteiger partial charge in [0.1, 0.15) is 6.10 Å². The molecule has 0 amide bonds. The van der Waals surface area contributed by atoms with E-state index in [-0.39, 0.29) is 6.10 Å². The Morgan fingerprint density at radius 3 is 2.05 bits per heavy atom. The first-order valence-electron chi connectivity index (χ1n) is 7.50. The largest absolute Gasteiger partial charge is 0.474 e. The summed E-state index contributed by atoms with van der Waals surface area (Å²) in [5, 5.41) is 0. The van der Waals surface area contributed by atoms with Crippen molar-refractivity contribution in [2.45, 2.75) is 58.6 Å². The minimum Gasteiger partial charge on any atom is -0.474 e. The van der Waals surface area contributed by atoms with Crippen LogP contribution in [0.2, 0.25) is 0 Å². The first-order chi connectivity index (χ1) is 9.36. The highest BCUT2D eigenvalue weighted by Gasteiger charge is 2.25. The molecule has 1 saturated carbocycles. The van der Waals surface area contributed by atoms with Crippen molar-refractivity contribution in [1.29, 1.82) is 0 Å². The van der Waals surface area contributed by atoms with Crippen LogP contribution >= 0.6 is 0 Å². The molecular weight excluding hydrogens is 248 g/mol. The van der Waals surface area contributed by atoms with E-state index in [0.717, 1.165) is 18.4 Å². The van der Waals surface area contributed by atoms with E-state index in [0.29, 0.717) is 11.9 Å². The topological polar surface area (TPSA) is 24.8 Å². The fraction of sp³-hybridized carbons (Fsp3) is 0.706. The lowest BCUT2D eigenvalue weighted by Crippen LogP contribution is -2.35. The minimum atomic E-state index is 0.284. The summed E-state index contributed by atoms with van der Waals surface area (Å²) < 4.78 is 6.10. The normalized spacial score (nSPS) is 23.6. The van der Waals surface area contributed by atoms with Gasteiger partial charge in [0, 0.05) is 18.7 Å². The molecule has 0 aromatic heterocycles. The van der Waals surface area contributed by atoms with Gasteiger partial charge in [-0.1, -0.05) is 12.2 Å². The van der Waals surface area contributed by atoms with Crippen LogP contribution in [0.4, 0.5) is 0 Å². The van der Waals surface area contributed by atoms with Crippen LogP contribution in [0.25, 0.3) is 0 Å². The number of allylic oxidation sites excluding steroid dienone is 1. The lowest BCUT2D eigenvalue weighted by Gasteiger charge is -2.33. The molecule has 0 spiro atoms. The maximum absolute atomic E-state index is 6.10. The Labute approximate surface area is 124 Å². The van der Waals surface area contributed by atoms with E-state index in [2.05, 4.69) is 51.3 Å². The van der Waals surface area contributed by atoms with Gasteiger partial charge in [0.2, 0.25) is 5.90 Å². The van der Waals surface area contributed by atoms with Gasteiger partial charge in [-0.05, 0) is 66.1 Å². The van der Waals surface area contributed by atoms with Crippen molar-refractivity contribution in [3.05, 3.63) is 23.3 Å². The molecule has 20 heavy (non-hydrogen) atoms. The molecule has 1 rings (SSSR count). The molecule has 3 heteroatoms. The third-order valence-corrected chi connectivity index (χ3v) is 4.32. The number of ether oxygens (including phenoxy) is 1. The number of hydrogen-bond donors (Lipinski definition) is 0. The van der Waals surface area contributed by atoms with E-state index >= 15 is 0 Å². The van der Waals surface area contributed by atoms with Crippen LogP contribution in [0.3, 0.4) is 0 Å². The SMILES string of the molecule is C=C(C(=NC)OC1CCC(N(C)C)CC1)C(C)=C(C)C. The lowest BCUT2D eigenvalue weighted by atomic mass is 9.92. The van der Waals surface area contributed by atoms with Gasteiger partial charge in [-0.15, -0.1) is 0 Å². The predicted molar refractivity (Wildman–Crippen MR) is 87.4 cm³/mol. The minimum absolute atomic E-state index is 0.284. The fourth-order valence-electron chi connectivity index (χ4n) is 2.56. The van der Waals surface area contributed by atoms with Crippen LogP contribution in [0.5, 0.6) is 0 Å². The third-order valence-electron chi connectivity index (χ3n) is 4.32. The molecule has 0 N–H and O–H groups in total. The Morgan fingerprint density at radius 1 is 1.10 bits per heavy atom. The van der Waals surface area contributed by atoms with Crippen molar-refractivity contribution >= 4 is 5.90 Å². The highest BCUT2D eigenvalue weighted by atomic mass is 16.5. The zero-order valence-corrected chi connectivity index (χ0v) is 14.0. The number of nitrogens with zero attached hydrogens (tertiary/aromatic N) is 2. The van der Waals surface area contributed by atoms with Gasteiger partial charge in [0.25, 0.3) is 0 Å². The highest BCUT2D eigenvalue weighted by Crippen LogP contribution is 2.25. The summed E-state index contributed by atoms with van der Waals surface area (Å²) >= 11 is 0. The molecule has 1 fully saturated rings. The summed E-state index contributed by atoms with van der Waals surface area (Å²) in [6.07, 6.45) is 4.88. The first kappa shape index (κ1) is 17.0.